The van der Waals surface area contributed by atoms with Crippen LogP contribution in [0.4, 0.5) is 14.9 Å². The summed E-state index contributed by atoms with van der Waals surface area (Å²) >= 11 is 12.0. The van der Waals surface area contributed by atoms with Crippen molar-refractivity contribution in [3.63, 3.8) is 0 Å². The number of methoxy groups -OCH3 is 1. The number of benzene rings is 2. The highest BCUT2D eigenvalue weighted by Crippen LogP contribution is 2.27. The van der Waals surface area contributed by atoms with Gasteiger partial charge < -0.3 is 15.4 Å². The number of halogens is 3. The van der Waals surface area contributed by atoms with Crippen LogP contribution in [-0.4, -0.2) is 37.2 Å². The normalized spacial score (nSPS) is 18.0. The zero-order chi connectivity index (χ0) is 21.0. The van der Waals surface area contributed by atoms with Crippen molar-refractivity contribution < 1.29 is 18.7 Å². The maximum absolute atomic E-state index is 13.1. The van der Waals surface area contributed by atoms with Gasteiger partial charge in [0, 0.05) is 11.3 Å². The van der Waals surface area contributed by atoms with Crippen molar-refractivity contribution in [1.82, 2.24) is 10.6 Å². The molecule has 2 atom stereocenters. The van der Waals surface area contributed by atoms with E-state index in [1.165, 1.54) is 31.4 Å². The lowest BCUT2D eigenvalue weighted by Gasteiger charge is -2.13. The van der Waals surface area contributed by atoms with Crippen molar-refractivity contribution in [2.75, 3.05) is 12.4 Å². The first-order chi connectivity index (χ1) is 13.9. The van der Waals surface area contributed by atoms with Gasteiger partial charge in [0.25, 0.3) is 5.91 Å². The average molecular weight is 439 g/mol. The van der Waals surface area contributed by atoms with E-state index in [9.17, 15) is 14.0 Å². The SMILES string of the molecule is COC(=O)NC1CC1N=C(NC(=O)c1ccc(F)cc1)Nc1ccc(Cl)c(Cl)c1. The van der Waals surface area contributed by atoms with Gasteiger partial charge in [-0.05, 0) is 48.9 Å². The Hall–Kier alpha value is -2.84. The van der Waals surface area contributed by atoms with Crippen molar-refractivity contribution in [2.24, 2.45) is 4.99 Å². The average Bonchev–Trinajstić information content (AvgIpc) is 3.41. The minimum atomic E-state index is -0.554. The van der Waals surface area contributed by atoms with Crippen molar-refractivity contribution in [3.8, 4) is 0 Å². The molecule has 0 radical (unpaired) electrons. The van der Waals surface area contributed by atoms with Gasteiger partial charge in [0.1, 0.15) is 5.82 Å². The molecule has 1 fully saturated rings. The predicted octanol–water partition coefficient (Wildman–Crippen LogP) is 3.83. The molecule has 7 nitrogen and oxygen atoms in total. The zero-order valence-corrected chi connectivity index (χ0v) is 16.7. The van der Waals surface area contributed by atoms with Crippen molar-refractivity contribution in [1.29, 1.82) is 0 Å². The van der Waals surface area contributed by atoms with Crippen LogP contribution in [0.3, 0.4) is 0 Å². The molecule has 1 aliphatic carbocycles. The van der Waals surface area contributed by atoms with Crippen LogP contribution in [0.1, 0.15) is 16.8 Å². The van der Waals surface area contributed by atoms with E-state index in [4.69, 9.17) is 23.2 Å². The first-order valence-corrected chi connectivity index (χ1v) is 9.32. The number of hydrogen-bond donors (Lipinski definition) is 3. The van der Waals surface area contributed by atoms with Crippen molar-refractivity contribution >= 4 is 46.8 Å². The van der Waals surface area contributed by atoms with E-state index in [0.717, 1.165) is 0 Å². The minimum Gasteiger partial charge on any atom is -0.453 e. The molecule has 3 rings (SSSR count). The molecule has 152 valence electrons. The first-order valence-electron chi connectivity index (χ1n) is 8.57. The summed E-state index contributed by atoms with van der Waals surface area (Å²) in [5.41, 5.74) is 0.811. The van der Waals surface area contributed by atoms with E-state index < -0.39 is 17.8 Å². The van der Waals surface area contributed by atoms with E-state index in [-0.39, 0.29) is 23.6 Å². The molecule has 0 aromatic heterocycles. The molecule has 1 saturated carbocycles. The molecule has 0 saturated heterocycles. The van der Waals surface area contributed by atoms with E-state index in [2.05, 4.69) is 25.7 Å². The van der Waals surface area contributed by atoms with Crippen molar-refractivity contribution in [3.05, 3.63) is 63.9 Å². The third-order valence-corrected chi connectivity index (χ3v) is 4.80. The fourth-order valence-electron chi connectivity index (χ4n) is 2.44. The Morgan fingerprint density at radius 1 is 1.14 bits per heavy atom. The highest BCUT2D eigenvalue weighted by atomic mass is 35.5. The van der Waals surface area contributed by atoms with Crippen LogP contribution in [0.25, 0.3) is 0 Å². The van der Waals surface area contributed by atoms with Crippen LogP contribution >= 0.6 is 23.2 Å². The summed E-state index contributed by atoms with van der Waals surface area (Å²) in [7, 11) is 1.27. The number of aliphatic imine (C=N–C) groups is 1. The molecule has 2 amide bonds. The summed E-state index contributed by atoms with van der Waals surface area (Å²) in [6.07, 6.45) is 0.0377. The number of amides is 2. The Labute approximate surface area is 176 Å². The summed E-state index contributed by atoms with van der Waals surface area (Å²) in [4.78, 5) is 28.3. The second-order valence-electron chi connectivity index (χ2n) is 6.24. The second kappa shape index (κ2) is 9.11. The van der Waals surface area contributed by atoms with Gasteiger partial charge in [-0.1, -0.05) is 23.2 Å². The van der Waals surface area contributed by atoms with Crippen LogP contribution in [-0.2, 0) is 4.74 Å². The van der Waals surface area contributed by atoms with Gasteiger partial charge in [-0.25, -0.2) is 14.2 Å². The maximum atomic E-state index is 13.1. The van der Waals surface area contributed by atoms with Gasteiger partial charge in [-0.15, -0.1) is 0 Å². The number of anilines is 1. The highest BCUT2D eigenvalue weighted by Gasteiger charge is 2.39. The molecule has 2 unspecified atom stereocenters. The maximum Gasteiger partial charge on any atom is 0.407 e. The number of ether oxygens (including phenoxy) is 1. The molecule has 29 heavy (non-hydrogen) atoms. The van der Waals surface area contributed by atoms with E-state index in [0.29, 0.717) is 22.2 Å². The van der Waals surface area contributed by atoms with E-state index >= 15 is 0 Å². The van der Waals surface area contributed by atoms with Gasteiger partial charge in [0.15, 0.2) is 0 Å². The quantitative estimate of drug-likeness (QED) is 0.499. The highest BCUT2D eigenvalue weighted by molar-refractivity contribution is 6.42. The number of hydrogen-bond acceptors (Lipinski definition) is 4. The third-order valence-electron chi connectivity index (χ3n) is 4.06. The Bertz CT molecular complexity index is 953. The Morgan fingerprint density at radius 2 is 1.86 bits per heavy atom. The Kier molecular flexibility index (Phi) is 6.56. The summed E-state index contributed by atoms with van der Waals surface area (Å²) in [5, 5.41) is 8.98. The number of carbonyl (C=O) groups excluding carboxylic acids is 2. The molecule has 0 bridgehead atoms. The molecule has 2 aromatic carbocycles. The number of nitrogens with zero attached hydrogens (tertiary/aromatic N) is 1. The molecular formula is C19H17Cl2FN4O3. The minimum absolute atomic E-state index is 0.150. The molecular weight excluding hydrogens is 422 g/mol. The summed E-state index contributed by atoms with van der Waals surface area (Å²) < 4.78 is 17.7. The third kappa shape index (κ3) is 5.82. The smallest absolute Gasteiger partial charge is 0.407 e. The van der Waals surface area contributed by atoms with Crippen LogP contribution in [0.15, 0.2) is 47.5 Å². The van der Waals surface area contributed by atoms with Gasteiger partial charge in [-0.3, -0.25) is 10.1 Å². The number of carbonyl (C=O) groups is 2. The molecule has 2 aromatic rings. The van der Waals surface area contributed by atoms with Crippen LogP contribution in [0, 0.1) is 5.82 Å². The lowest BCUT2D eigenvalue weighted by Crippen LogP contribution is -2.37. The van der Waals surface area contributed by atoms with Crippen LogP contribution in [0.5, 0.6) is 0 Å². The standard InChI is InChI=1S/C19H17Cl2FN4O3/c1-29-19(28)25-16-9-15(16)24-18(23-12-6-7-13(20)14(21)8-12)26-17(27)10-2-4-11(22)5-3-10/h2-8,15-16H,9H2,1H3,(H,25,28)(H2,23,24,26,27). The van der Waals surface area contributed by atoms with E-state index in [1.807, 2.05) is 0 Å². The van der Waals surface area contributed by atoms with Gasteiger partial charge in [0.05, 0.1) is 29.2 Å². The lowest BCUT2D eigenvalue weighted by molar-refractivity contribution is 0.0976. The first kappa shape index (κ1) is 20.9. The summed E-state index contributed by atoms with van der Waals surface area (Å²) in [5.74, 6) is -0.773. The number of nitrogens with one attached hydrogen (secondary N) is 3. The van der Waals surface area contributed by atoms with Gasteiger partial charge >= 0.3 is 6.09 Å². The summed E-state index contributed by atoms with van der Waals surface area (Å²) in [6.45, 7) is 0. The molecule has 10 heteroatoms. The molecule has 0 aliphatic heterocycles. The van der Waals surface area contributed by atoms with Gasteiger partial charge in [-0.2, -0.15) is 0 Å². The molecule has 0 heterocycles. The van der Waals surface area contributed by atoms with Gasteiger partial charge in [0.2, 0.25) is 5.96 Å². The molecule has 0 spiro atoms. The number of alkyl carbamates (subject to hydrolysis) is 1. The largest absolute Gasteiger partial charge is 0.453 e. The van der Waals surface area contributed by atoms with E-state index in [1.54, 1.807) is 18.2 Å². The topological polar surface area (TPSA) is 91.8 Å². The number of rotatable bonds is 4. The number of guanidine groups is 1. The Morgan fingerprint density at radius 3 is 2.52 bits per heavy atom. The Balaban J connectivity index is 1.76. The zero-order valence-electron chi connectivity index (χ0n) is 15.2. The van der Waals surface area contributed by atoms with Crippen LogP contribution < -0.4 is 16.0 Å². The monoisotopic (exact) mass is 438 g/mol. The second-order valence-corrected chi connectivity index (χ2v) is 7.05. The fourth-order valence-corrected chi connectivity index (χ4v) is 2.74. The molecule has 3 N–H and O–H groups in total. The fraction of sp³-hybridized carbons (Fsp3) is 0.211. The summed E-state index contributed by atoms with van der Waals surface area (Å²) in [6, 6.07) is 9.52. The lowest BCUT2D eigenvalue weighted by atomic mass is 10.2. The molecule has 1 aliphatic rings. The van der Waals surface area contributed by atoms with Crippen molar-refractivity contribution in [2.45, 2.75) is 18.5 Å². The van der Waals surface area contributed by atoms with Crippen LogP contribution in [0.2, 0.25) is 10.0 Å². The predicted molar refractivity (Wildman–Crippen MR) is 109 cm³/mol.